The summed E-state index contributed by atoms with van der Waals surface area (Å²) in [6.07, 6.45) is 0. The van der Waals surface area contributed by atoms with Gasteiger partial charge in [0, 0.05) is 11.6 Å². The highest BCUT2D eigenvalue weighted by atomic mass is 35.5. The molecule has 0 amide bonds. The van der Waals surface area contributed by atoms with E-state index in [1.54, 1.807) is 6.92 Å². The minimum atomic E-state index is -1.36. The molecule has 0 aliphatic heterocycles. The number of rotatable bonds is 2. The summed E-state index contributed by atoms with van der Waals surface area (Å²) in [5, 5.41) is 7.18. The predicted octanol–water partition coefficient (Wildman–Crippen LogP) is 1.08. The van der Waals surface area contributed by atoms with Gasteiger partial charge in [0.2, 0.25) is 0 Å². The number of hydrogen-bond donors (Lipinski definition) is 1. The fourth-order valence-corrected chi connectivity index (χ4v) is 0.0680. The largest absolute Gasteiger partial charge is 0.469 e. The lowest BCUT2D eigenvalue weighted by molar-refractivity contribution is -0.128. The molecule has 5 heteroatoms. The molecule has 0 aromatic rings. The van der Waals surface area contributed by atoms with E-state index in [1.807, 2.05) is 0 Å². The summed E-state index contributed by atoms with van der Waals surface area (Å²) in [5.74, 6) is 0. The van der Waals surface area contributed by atoms with Gasteiger partial charge in [-0.25, -0.2) is 4.79 Å². The third-order valence-electron chi connectivity index (χ3n) is 0.235. The Bertz CT molecular complexity index is 78.6. The van der Waals surface area contributed by atoms with Crippen molar-refractivity contribution >= 4 is 23.5 Å². The Hall–Kier alpha value is -0.770. The Balaban J connectivity index is 0. The normalized spacial score (nSPS) is 6.44. The summed E-state index contributed by atoms with van der Waals surface area (Å²) in [7, 11) is 0. The SMILES string of the molecule is CCOC=O.O=C(O)Cl. The second-order valence-electron chi connectivity index (χ2n) is 0.805. The van der Waals surface area contributed by atoms with E-state index >= 15 is 0 Å². The van der Waals surface area contributed by atoms with Crippen LogP contribution in [0.2, 0.25) is 0 Å². The van der Waals surface area contributed by atoms with Crippen LogP contribution in [0.25, 0.3) is 0 Å². The zero-order valence-corrected chi connectivity index (χ0v) is 5.59. The van der Waals surface area contributed by atoms with Crippen LogP contribution in [0.3, 0.4) is 0 Å². The highest BCUT2D eigenvalue weighted by Crippen LogP contribution is 1.67. The lowest BCUT2D eigenvalue weighted by atomic mass is 10.9. The maximum Gasteiger partial charge on any atom is 0.401 e. The van der Waals surface area contributed by atoms with Gasteiger partial charge in [-0.05, 0) is 6.92 Å². The van der Waals surface area contributed by atoms with Gasteiger partial charge in [-0.15, -0.1) is 0 Å². The van der Waals surface area contributed by atoms with Gasteiger partial charge in [0.05, 0.1) is 6.61 Å². The lowest BCUT2D eigenvalue weighted by Gasteiger charge is -1.79. The smallest absolute Gasteiger partial charge is 0.401 e. The molecule has 0 unspecified atom stereocenters. The molecule has 9 heavy (non-hydrogen) atoms. The average Bonchev–Trinajstić information content (AvgIpc) is 1.66. The maximum atomic E-state index is 9.18. The molecule has 1 N–H and O–H groups in total. The van der Waals surface area contributed by atoms with E-state index in [9.17, 15) is 4.79 Å². The molecule has 0 bridgehead atoms. The standard InChI is InChI=1S/C3H6O2.CHClO2/c1-2-5-3-4;2-1(3)4/h3H,2H2,1H3;(H,3,4). The van der Waals surface area contributed by atoms with E-state index in [4.69, 9.17) is 9.90 Å². The second-order valence-corrected chi connectivity index (χ2v) is 1.13. The van der Waals surface area contributed by atoms with Gasteiger partial charge in [0.1, 0.15) is 0 Å². The van der Waals surface area contributed by atoms with Gasteiger partial charge < -0.3 is 9.84 Å². The number of carboxylic acid groups (broad SMARTS) is 1. The molecule has 0 spiro atoms. The van der Waals surface area contributed by atoms with Crippen molar-refractivity contribution in [3.05, 3.63) is 0 Å². The van der Waals surface area contributed by atoms with Crippen molar-refractivity contribution < 1.29 is 19.4 Å². The molecule has 0 atom stereocenters. The van der Waals surface area contributed by atoms with Crippen molar-refractivity contribution in [3.8, 4) is 0 Å². The lowest BCUT2D eigenvalue weighted by Crippen LogP contribution is -1.80. The van der Waals surface area contributed by atoms with E-state index in [0.29, 0.717) is 13.1 Å². The highest BCUT2D eigenvalue weighted by molar-refractivity contribution is 6.60. The first kappa shape index (κ1) is 11.1. The molecule has 0 aromatic heterocycles. The molecule has 0 heterocycles. The zero-order chi connectivity index (χ0) is 7.70. The van der Waals surface area contributed by atoms with E-state index < -0.39 is 5.43 Å². The first-order valence-corrected chi connectivity index (χ1v) is 2.46. The van der Waals surface area contributed by atoms with Crippen molar-refractivity contribution in [1.29, 1.82) is 0 Å². The van der Waals surface area contributed by atoms with Crippen LogP contribution in [0.1, 0.15) is 6.92 Å². The molecule has 0 radical (unpaired) electrons. The molecule has 0 fully saturated rings. The van der Waals surface area contributed by atoms with Crippen molar-refractivity contribution in [1.82, 2.24) is 0 Å². The third-order valence-corrected chi connectivity index (χ3v) is 0.235. The van der Waals surface area contributed by atoms with Crippen LogP contribution in [-0.4, -0.2) is 23.6 Å². The summed E-state index contributed by atoms with van der Waals surface area (Å²) >= 11 is 4.19. The number of hydrogen-bond acceptors (Lipinski definition) is 3. The highest BCUT2D eigenvalue weighted by Gasteiger charge is 1.71. The summed E-state index contributed by atoms with van der Waals surface area (Å²) in [6.45, 7) is 2.66. The molecule has 0 rings (SSSR count). The van der Waals surface area contributed by atoms with Crippen LogP contribution < -0.4 is 0 Å². The average molecular weight is 155 g/mol. The van der Waals surface area contributed by atoms with Crippen molar-refractivity contribution in [2.45, 2.75) is 6.92 Å². The number of ether oxygens (including phenoxy) is 1. The van der Waals surface area contributed by atoms with Crippen molar-refractivity contribution in [2.75, 3.05) is 6.61 Å². The van der Waals surface area contributed by atoms with E-state index in [1.165, 1.54) is 0 Å². The summed E-state index contributed by atoms with van der Waals surface area (Å²) in [4.78, 5) is 17.9. The maximum absolute atomic E-state index is 9.18. The Morgan fingerprint density at radius 2 is 2.22 bits per heavy atom. The Morgan fingerprint density at radius 1 is 1.89 bits per heavy atom. The van der Waals surface area contributed by atoms with Crippen LogP contribution in [0, 0.1) is 0 Å². The van der Waals surface area contributed by atoms with Crippen LogP contribution in [0.15, 0.2) is 0 Å². The van der Waals surface area contributed by atoms with Crippen LogP contribution in [-0.2, 0) is 9.53 Å². The first-order valence-electron chi connectivity index (χ1n) is 2.08. The van der Waals surface area contributed by atoms with Gasteiger partial charge in [-0.3, -0.25) is 4.79 Å². The second kappa shape index (κ2) is 10.3. The molecular formula is C4H7ClO4. The van der Waals surface area contributed by atoms with Gasteiger partial charge in [0.15, 0.2) is 0 Å². The first-order chi connectivity index (χ1) is 4.15. The van der Waals surface area contributed by atoms with Gasteiger partial charge in [0.25, 0.3) is 6.47 Å². The quantitative estimate of drug-likeness (QED) is 0.478. The van der Waals surface area contributed by atoms with Gasteiger partial charge in [-0.2, -0.15) is 0 Å². The molecule has 0 saturated heterocycles. The van der Waals surface area contributed by atoms with E-state index in [-0.39, 0.29) is 0 Å². The van der Waals surface area contributed by atoms with E-state index in [0.717, 1.165) is 0 Å². The summed E-state index contributed by atoms with van der Waals surface area (Å²) in [6, 6.07) is 0. The van der Waals surface area contributed by atoms with Crippen molar-refractivity contribution in [3.63, 3.8) is 0 Å². The zero-order valence-electron chi connectivity index (χ0n) is 4.83. The summed E-state index contributed by atoms with van der Waals surface area (Å²) in [5.41, 5.74) is -1.36. The van der Waals surface area contributed by atoms with Crippen LogP contribution in [0.5, 0.6) is 0 Å². The Morgan fingerprint density at radius 3 is 2.22 bits per heavy atom. The third kappa shape index (κ3) is 131. The number of halogens is 1. The fraction of sp³-hybridized carbons (Fsp3) is 0.500. The van der Waals surface area contributed by atoms with Crippen molar-refractivity contribution in [2.24, 2.45) is 0 Å². The minimum Gasteiger partial charge on any atom is -0.469 e. The monoisotopic (exact) mass is 154 g/mol. The molecule has 0 aliphatic rings. The predicted molar refractivity (Wildman–Crippen MR) is 31.6 cm³/mol. The molecule has 0 saturated carbocycles. The van der Waals surface area contributed by atoms with Gasteiger partial charge in [-0.1, -0.05) is 0 Å². The molecule has 54 valence electrons. The summed E-state index contributed by atoms with van der Waals surface area (Å²) < 4.78 is 4.15. The molecule has 0 aliphatic carbocycles. The number of carbonyl (C=O) groups is 2. The minimum absolute atomic E-state index is 0.431. The fourth-order valence-electron chi connectivity index (χ4n) is 0.0680. The molecular weight excluding hydrogens is 147 g/mol. The van der Waals surface area contributed by atoms with Gasteiger partial charge >= 0.3 is 5.43 Å². The molecule has 0 aromatic carbocycles. The van der Waals surface area contributed by atoms with Crippen LogP contribution in [0.4, 0.5) is 4.79 Å². The Labute approximate surface area is 57.4 Å². The van der Waals surface area contributed by atoms with Crippen LogP contribution >= 0.6 is 11.6 Å². The molecule has 4 nitrogen and oxygen atoms in total. The Kier molecular flexibility index (Phi) is 12.6. The van der Waals surface area contributed by atoms with E-state index in [2.05, 4.69) is 16.3 Å². The number of carbonyl (C=O) groups excluding carboxylic acids is 1. The topological polar surface area (TPSA) is 63.6 Å².